The zero-order valence-electron chi connectivity index (χ0n) is 23.2. The molecule has 4 rings (SSSR count). The average molecular weight is 580 g/mol. The largest absolute Gasteiger partial charge is 0.618 e. The normalized spacial score (nSPS) is 18.5. The van der Waals surface area contributed by atoms with E-state index in [-0.39, 0.29) is 30.6 Å². The van der Waals surface area contributed by atoms with E-state index in [2.05, 4.69) is 10.6 Å². The summed E-state index contributed by atoms with van der Waals surface area (Å²) in [5.74, 6) is 0.486. The Morgan fingerprint density at radius 3 is 2.46 bits per heavy atom. The Labute approximate surface area is 244 Å². The van der Waals surface area contributed by atoms with Crippen LogP contribution in [-0.2, 0) is 25.7 Å². The molecule has 3 N–H and O–H groups in total. The minimum absolute atomic E-state index is 0.0232. The SMILES string of the molecule is CC(=O)NCCCCCC(=O)Nc1ccc(C2OC(CSc3cccc[n+]3[O-])CC(c3ccc(CO)cc3)O2)cc1. The van der Waals surface area contributed by atoms with Crippen molar-refractivity contribution in [2.45, 2.75) is 69.2 Å². The third kappa shape index (κ3) is 9.57. The summed E-state index contributed by atoms with van der Waals surface area (Å²) >= 11 is 1.45. The van der Waals surface area contributed by atoms with Gasteiger partial charge in [-0.25, -0.2) is 0 Å². The van der Waals surface area contributed by atoms with Crippen molar-refractivity contribution in [3.8, 4) is 0 Å². The minimum atomic E-state index is -0.625. The van der Waals surface area contributed by atoms with E-state index in [0.717, 1.165) is 40.7 Å². The molecule has 2 heterocycles. The van der Waals surface area contributed by atoms with E-state index in [4.69, 9.17) is 9.47 Å². The second-order valence-corrected chi connectivity index (χ2v) is 11.0. The van der Waals surface area contributed by atoms with Gasteiger partial charge >= 0.3 is 0 Å². The van der Waals surface area contributed by atoms with Crippen molar-refractivity contribution in [1.82, 2.24) is 5.32 Å². The topological polar surface area (TPSA) is 124 Å². The Hall–Kier alpha value is -3.44. The van der Waals surface area contributed by atoms with Gasteiger partial charge in [-0.05, 0) is 42.2 Å². The number of amides is 2. The molecule has 218 valence electrons. The van der Waals surface area contributed by atoms with Crippen LogP contribution in [0.4, 0.5) is 5.69 Å². The quantitative estimate of drug-likeness (QED) is 0.115. The zero-order valence-corrected chi connectivity index (χ0v) is 24.0. The molecule has 1 aliphatic heterocycles. The number of carbonyl (C=O) groups is 2. The number of nitrogens with zero attached hydrogens (tertiary/aromatic N) is 1. The van der Waals surface area contributed by atoms with Crippen molar-refractivity contribution in [3.05, 3.63) is 94.8 Å². The van der Waals surface area contributed by atoms with Gasteiger partial charge in [0.2, 0.25) is 11.8 Å². The third-order valence-corrected chi connectivity index (χ3v) is 7.89. The van der Waals surface area contributed by atoms with E-state index in [1.807, 2.05) is 54.6 Å². The van der Waals surface area contributed by atoms with Crippen molar-refractivity contribution >= 4 is 29.3 Å². The summed E-state index contributed by atoms with van der Waals surface area (Å²) in [5, 5.41) is 27.8. The smallest absolute Gasteiger partial charge is 0.251 e. The summed E-state index contributed by atoms with van der Waals surface area (Å²) in [4.78, 5) is 23.3. The zero-order chi connectivity index (χ0) is 29.0. The van der Waals surface area contributed by atoms with Crippen LogP contribution in [0.2, 0.25) is 0 Å². The highest BCUT2D eigenvalue weighted by atomic mass is 32.2. The molecule has 3 unspecified atom stereocenters. The van der Waals surface area contributed by atoms with E-state index in [1.54, 1.807) is 12.1 Å². The van der Waals surface area contributed by atoms with Crippen molar-refractivity contribution < 1.29 is 28.9 Å². The van der Waals surface area contributed by atoms with Crippen LogP contribution < -0.4 is 15.4 Å². The van der Waals surface area contributed by atoms with E-state index in [9.17, 15) is 19.9 Å². The maximum absolute atomic E-state index is 12.4. The summed E-state index contributed by atoms with van der Waals surface area (Å²) < 4.78 is 13.6. The second-order valence-electron chi connectivity index (χ2n) is 9.99. The lowest BCUT2D eigenvalue weighted by Gasteiger charge is -2.36. The first-order valence-electron chi connectivity index (χ1n) is 13.9. The number of aromatic nitrogens is 1. The van der Waals surface area contributed by atoms with E-state index < -0.39 is 6.29 Å². The number of aliphatic hydroxyl groups is 1. The van der Waals surface area contributed by atoms with Gasteiger partial charge in [0.05, 0.1) is 18.8 Å². The molecule has 9 nitrogen and oxygen atoms in total. The number of thioether (sulfide) groups is 1. The number of ether oxygens (including phenoxy) is 2. The van der Waals surface area contributed by atoms with Crippen molar-refractivity contribution in [1.29, 1.82) is 0 Å². The van der Waals surface area contributed by atoms with Crippen molar-refractivity contribution in [3.63, 3.8) is 0 Å². The maximum atomic E-state index is 12.4. The number of pyridine rings is 1. The number of anilines is 1. The molecule has 0 aliphatic carbocycles. The first kappa shape index (κ1) is 30.5. The van der Waals surface area contributed by atoms with Gasteiger partial charge in [-0.2, -0.15) is 4.73 Å². The highest BCUT2D eigenvalue weighted by molar-refractivity contribution is 7.99. The molecule has 1 aliphatic rings. The molecule has 41 heavy (non-hydrogen) atoms. The van der Waals surface area contributed by atoms with Crippen LogP contribution in [0.1, 0.15) is 68.1 Å². The molecule has 3 aromatic rings. The molecule has 2 aromatic carbocycles. The maximum Gasteiger partial charge on any atom is 0.251 e. The van der Waals surface area contributed by atoms with E-state index in [0.29, 0.717) is 35.9 Å². The van der Waals surface area contributed by atoms with Crippen LogP contribution in [-0.4, -0.2) is 35.3 Å². The lowest BCUT2D eigenvalue weighted by molar-refractivity contribution is -0.645. The third-order valence-electron chi connectivity index (χ3n) is 6.74. The molecule has 0 spiro atoms. The predicted molar refractivity (Wildman–Crippen MR) is 157 cm³/mol. The Balaban J connectivity index is 1.37. The van der Waals surface area contributed by atoms with Gasteiger partial charge in [0.15, 0.2) is 12.5 Å². The van der Waals surface area contributed by atoms with Gasteiger partial charge in [0.1, 0.15) is 0 Å². The highest BCUT2D eigenvalue weighted by Crippen LogP contribution is 2.39. The molecule has 0 radical (unpaired) electrons. The summed E-state index contributed by atoms with van der Waals surface area (Å²) in [5.41, 5.74) is 3.34. The summed E-state index contributed by atoms with van der Waals surface area (Å²) in [6, 6.07) is 20.5. The minimum Gasteiger partial charge on any atom is -0.618 e. The number of carbonyl (C=O) groups excluding carboxylic acids is 2. The van der Waals surface area contributed by atoms with Crippen LogP contribution >= 0.6 is 11.8 Å². The van der Waals surface area contributed by atoms with E-state index >= 15 is 0 Å². The molecule has 0 saturated carbocycles. The fourth-order valence-electron chi connectivity index (χ4n) is 4.52. The highest BCUT2D eigenvalue weighted by Gasteiger charge is 2.32. The fraction of sp³-hybridized carbons (Fsp3) is 0.387. The number of aliphatic hydroxyl groups excluding tert-OH is 1. The van der Waals surface area contributed by atoms with Crippen molar-refractivity contribution in [2.75, 3.05) is 17.6 Å². The van der Waals surface area contributed by atoms with Crippen LogP contribution in [0.25, 0.3) is 0 Å². The van der Waals surface area contributed by atoms with Gasteiger partial charge < -0.3 is 30.4 Å². The molecular weight excluding hydrogens is 542 g/mol. The Bertz CT molecular complexity index is 1270. The van der Waals surface area contributed by atoms with Gasteiger partial charge in [-0.15, -0.1) is 0 Å². The summed E-state index contributed by atoms with van der Waals surface area (Å²) in [6.07, 6.45) is 3.95. The Morgan fingerprint density at radius 2 is 1.76 bits per heavy atom. The number of hydrogen-bond acceptors (Lipinski definition) is 7. The molecule has 2 amide bonds. The van der Waals surface area contributed by atoms with Gasteiger partial charge in [-0.3, -0.25) is 9.59 Å². The number of nitrogens with one attached hydrogen (secondary N) is 2. The second kappa shape index (κ2) is 15.5. The summed E-state index contributed by atoms with van der Waals surface area (Å²) in [7, 11) is 0. The number of benzene rings is 2. The Kier molecular flexibility index (Phi) is 11.6. The number of rotatable bonds is 13. The molecule has 1 aromatic heterocycles. The van der Waals surface area contributed by atoms with Gasteiger partial charge in [0, 0.05) is 55.4 Å². The first-order valence-corrected chi connectivity index (χ1v) is 14.9. The van der Waals surface area contributed by atoms with Gasteiger partial charge in [0.25, 0.3) is 5.03 Å². The lowest BCUT2D eigenvalue weighted by Crippen LogP contribution is -2.32. The fourth-order valence-corrected chi connectivity index (χ4v) is 5.46. The molecule has 0 bridgehead atoms. The van der Waals surface area contributed by atoms with Crippen LogP contribution in [0.15, 0.2) is 78.0 Å². The standard InChI is InChI=1S/C31H37N3O6S/c1-22(36)32-17-5-2-3-7-29(37)33-26-15-13-25(14-16-26)31-39-27(21-41-30-8-4-6-18-34(30)38)19-28(40-31)24-11-9-23(20-35)10-12-24/h4,6,8-16,18,27-28,31,35H,2-3,5,7,17,19-21H2,1H3,(H,32,36)(H,33,37). The number of unbranched alkanes of at least 4 members (excludes halogenated alkanes) is 2. The molecule has 1 saturated heterocycles. The van der Waals surface area contributed by atoms with Crippen LogP contribution in [0.3, 0.4) is 0 Å². The van der Waals surface area contributed by atoms with Crippen LogP contribution in [0, 0.1) is 5.21 Å². The van der Waals surface area contributed by atoms with Crippen LogP contribution in [0.5, 0.6) is 0 Å². The predicted octanol–water partition coefficient (Wildman–Crippen LogP) is 4.79. The molecule has 10 heteroatoms. The summed E-state index contributed by atoms with van der Waals surface area (Å²) in [6.45, 7) is 2.10. The average Bonchev–Trinajstić information content (AvgIpc) is 2.98. The van der Waals surface area contributed by atoms with Gasteiger partial charge in [-0.1, -0.05) is 54.6 Å². The lowest BCUT2D eigenvalue weighted by atomic mass is 10.0. The van der Waals surface area contributed by atoms with Crippen molar-refractivity contribution in [2.24, 2.45) is 0 Å². The molecule has 1 fully saturated rings. The van der Waals surface area contributed by atoms with E-state index in [1.165, 1.54) is 24.9 Å². The number of hydrogen-bond donors (Lipinski definition) is 3. The monoisotopic (exact) mass is 579 g/mol. The Morgan fingerprint density at radius 1 is 1.00 bits per heavy atom. The molecule has 3 atom stereocenters. The first-order chi connectivity index (χ1) is 19.9. The molecular formula is C31H37N3O6S.